The van der Waals surface area contributed by atoms with Crippen LogP contribution in [0, 0.1) is 13.8 Å². The van der Waals surface area contributed by atoms with Crippen LogP contribution in [0.15, 0.2) is 53.1 Å². The van der Waals surface area contributed by atoms with Gasteiger partial charge in [0.2, 0.25) is 0 Å². The van der Waals surface area contributed by atoms with Gasteiger partial charge in [-0.05, 0) is 43.2 Å². The third-order valence-corrected chi connectivity index (χ3v) is 3.35. The van der Waals surface area contributed by atoms with E-state index in [1.165, 1.54) is 5.56 Å². The Hall–Kier alpha value is -2.75. The Labute approximate surface area is 123 Å². The van der Waals surface area contributed by atoms with E-state index in [0.29, 0.717) is 6.01 Å². The molecule has 0 saturated carbocycles. The minimum atomic E-state index is 0.482. The summed E-state index contributed by atoms with van der Waals surface area (Å²) in [6, 6.07) is 14.3. The number of hydrogen-bond acceptors (Lipinski definition) is 4. The maximum absolute atomic E-state index is 5.69. The van der Waals surface area contributed by atoms with E-state index in [1.807, 2.05) is 31.2 Å². The number of rotatable bonds is 3. The fraction of sp³-hybridized carbons (Fsp3) is 0.118. The molecule has 3 N–H and O–H groups in total. The molecule has 4 heteroatoms. The highest BCUT2D eigenvalue weighted by molar-refractivity contribution is 5.64. The number of nitrogens with one attached hydrogen (secondary N) is 1. The maximum atomic E-state index is 5.69. The van der Waals surface area contributed by atoms with Gasteiger partial charge in [0.05, 0.1) is 0 Å². The van der Waals surface area contributed by atoms with Crippen LogP contribution in [-0.4, -0.2) is 4.98 Å². The maximum Gasteiger partial charge on any atom is 0.299 e. The van der Waals surface area contributed by atoms with E-state index in [1.54, 1.807) is 6.26 Å². The summed E-state index contributed by atoms with van der Waals surface area (Å²) in [4.78, 5) is 4.46. The molecular formula is C17H17N3O. The summed E-state index contributed by atoms with van der Waals surface area (Å²) in [5, 5.41) is 3.21. The molecule has 0 spiro atoms. The SMILES string of the molecule is Cc1ccc(C)c(Nc2nc(-c3ccc(N)cc3)co2)c1. The Morgan fingerprint density at radius 2 is 1.81 bits per heavy atom. The first kappa shape index (κ1) is 13.2. The Morgan fingerprint density at radius 3 is 2.57 bits per heavy atom. The van der Waals surface area contributed by atoms with Crippen molar-refractivity contribution in [3.05, 3.63) is 59.9 Å². The smallest absolute Gasteiger partial charge is 0.299 e. The Kier molecular flexibility index (Phi) is 3.36. The van der Waals surface area contributed by atoms with Crippen LogP contribution in [0.5, 0.6) is 0 Å². The molecule has 0 amide bonds. The van der Waals surface area contributed by atoms with Gasteiger partial charge in [-0.25, -0.2) is 0 Å². The number of oxazole rings is 1. The standard InChI is InChI=1S/C17H17N3O/c1-11-3-4-12(2)15(9-11)19-17-20-16(10-21-17)13-5-7-14(18)8-6-13/h3-10H,18H2,1-2H3,(H,19,20). The molecule has 4 nitrogen and oxygen atoms in total. The molecule has 106 valence electrons. The molecule has 2 aromatic carbocycles. The molecule has 0 bridgehead atoms. The van der Waals surface area contributed by atoms with Crippen LogP contribution in [0.1, 0.15) is 11.1 Å². The van der Waals surface area contributed by atoms with Crippen molar-refractivity contribution in [3.8, 4) is 11.3 Å². The number of aromatic nitrogens is 1. The molecule has 1 aromatic heterocycles. The summed E-state index contributed by atoms with van der Waals surface area (Å²) >= 11 is 0. The average molecular weight is 279 g/mol. The summed E-state index contributed by atoms with van der Waals surface area (Å²) < 4.78 is 5.49. The van der Waals surface area contributed by atoms with Crippen molar-refractivity contribution in [2.24, 2.45) is 0 Å². The molecule has 0 aliphatic carbocycles. The third-order valence-electron chi connectivity index (χ3n) is 3.35. The molecule has 21 heavy (non-hydrogen) atoms. The van der Waals surface area contributed by atoms with Gasteiger partial charge in [0.1, 0.15) is 12.0 Å². The van der Waals surface area contributed by atoms with Gasteiger partial charge in [0, 0.05) is 16.9 Å². The van der Waals surface area contributed by atoms with Crippen molar-refractivity contribution in [2.45, 2.75) is 13.8 Å². The van der Waals surface area contributed by atoms with Gasteiger partial charge in [0.25, 0.3) is 6.01 Å². The van der Waals surface area contributed by atoms with Crippen LogP contribution < -0.4 is 11.1 Å². The minimum Gasteiger partial charge on any atom is -0.431 e. The monoisotopic (exact) mass is 279 g/mol. The van der Waals surface area contributed by atoms with E-state index in [-0.39, 0.29) is 0 Å². The van der Waals surface area contributed by atoms with Crippen molar-refractivity contribution in [1.82, 2.24) is 4.98 Å². The summed E-state index contributed by atoms with van der Waals surface area (Å²) in [7, 11) is 0. The lowest BCUT2D eigenvalue weighted by Gasteiger charge is -2.06. The fourth-order valence-corrected chi connectivity index (χ4v) is 2.10. The summed E-state index contributed by atoms with van der Waals surface area (Å²) in [6.07, 6.45) is 1.64. The minimum absolute atomic E-state index is 0.482. The van der Waals surface area contributed by atoms with Gasteiger partial charge in [-0.3, -0.25) is 0 Å². The van der Waals surface area contributed by atoms with Crippen LogP contribution in [-0.2, 0) is 0 Å². The molecule has 0 aliphatic heterocycles. The highest BCUT2D eigenvalue weighted by Crippen LogP contribution is 2.25. The lowest BCUT2D eigenvalue weighted by molar-refractivity contribution is 0.578. The molecule has 0 unspecified atom stereocenters. The predicted octanol–water partition coefficient (Wildman–Crippen LogP) is 4.28. The van der Waals surface area contributed by atoms with E-state index >= 15 is 0 Å². The van der Waals surface area contributed by atoms with Gasteiger partial charge in [-0.1, -0.05) is 24.3 Å². The first-order chi connectivity index (χ1) is 10.1. The molecule has 1 heterocycles. The molecule has 0 atom stereocenters. The van der Waals surface area contributed by atoms with Gasteiger partial charge >= 0.3 is 0 Å². The number of aryl methyl sites for hydroxylation is 2. The fourth-order valence-electron chi connectivity index (χ4n) is 2.10. The molecular weight excluding hydrogens is 262 g/mol. The molecule has 0 fully saturated rings. The molecule has 0 saturated heterocycles. The zero-order chi connectivity index (χ0) is 14.8. The Balaban J connectivity index is 1.85. The summed E-state index contributed by atoms with van der Waals surface area (Å²) in [6.45, 7) is 4.10. The molecule has 3 aromatic rings. The Morgan fingerprint density at radius 1 is 1.05 bits per heavy atom. The molecule has 0 radical (unpaired) electrons. The van der Waals surface area contributed by atoms with Crippen LogP contribution in [0.25, 0.3) is 11.3 Å². The topological polar surface area (TPSA) is 64.1 Å². The van der Waals surface area contributed by atoms with Gasteiger partial charge < -0.3 is 15.5 Å². The van der Waals surface area contributed by atoms with E-state index < -0.39 is 0 Å². The highest BCUT2D eigenvalue weighted by atomic mass is 16.4. The van der Waals surface area contributed by atoms with Crippen molar-refractivity contribution < 1.29 is 4.42 Å². The zero-order valence-corrected chi connectivity index (χ0v) is 12.1. The average Bonchev–Trinajstić information content (AvgIpc) is 2.92. The van der Waals surface area contributed by atoms with Crippen LogP contribution >= 0.6 is 0 Å². The lowest BCUT2D eigenvalue weighted by atomic mass is 10.1. The number of anilines is 3. The molecule has 3 rings (SSSR count). The Bertz CT molecular complexity index is 760. The van der Waals surface area contributed by atoms with Crippen LogP contribution in [0.4, 0.5) is 17.4 Å². The van der Waals surface area contributed by atoms with E-state index in [4.69, 9.17) is 10.2 Å². The van der Waals surface area contributed by atoms with Crippen molar-refractivity contribution in [2.75, 3.05) is 11.1 Å². The molecule has 0 aliphatic rings. The summed E-state index contributed by atoms with van der Waals surface area (Å²) in [5.41, 5.74) is 11.5. The van der Waals surface area contributed by atoms with Gasteiger partial charge in [-0.15, -0.1) is 0 Å². The second kappa shape index (κ2) is 5.32. The predicted molar refractivity (Wildman–Crippen MR) is 85.6 cm³/mol. The second-order valence-corrected chi connectivity index (χ2v) is 5.10. The third kappa shape index (κ3) is 2.89. The quantitative estimate of drug-likeness (QED) is 0.702. The van der Waals surface area contributed by atoms with Crippen molar-refractivity contribution >= 4 is 17.4 Å². The zero-order valence-electron chi connectivity index (χ0n) is 12.1. The number of nitrogen functional groups attached to an aromatic ring is 1. The number of nitrogens with zero attached hydrogens (tertiary/aromatic N) is 1. The van der Waals surface area contributed by atoms with Gasteiger partial charge in [-0.2, -0.15) is 4.98 Å². The van der Waals surface area contributed by atoms with Crippen molar-refractivity contribution in [1.29, 1.82) is 0 Å². The van der Waals surface area contributed by atoms with E-state index in [9.17, 15) is 0 Å². The normalized spacial score (nSPS) is 10.6. The van der Waals surface area contributed by atoms with Crippen molar-refractivity contribution in [3.63, 3.8) is 0 Å². The first-order valence-electron chi connectivity index (χ1n) is 6.77. The lowest BCUT2D eigenvalue weighted by Crippen LogP contribution is -1.94. The van der Waals surface area contributed by atoms with E-state index in [0.717, 1.165) is 28.2 Å². The van der Waals surface area contributed by atoms with Gasteiger partial charge in [0.15, 0.2) is 0 Å². The van der Waals surface area contributed by atoms with Crippen LogP contribution in [0.3, 0.4) is 0 Å². The summed E-state index contributed by atoms with van der Waals surface area (Å²) in [5.74, 6) is 0. The largest absolute Gasteiger partial charge is 0.431 e. The highest BCUT2D eigenvalue weighted by Gasteiger charge is 2.07. The number of benzene rings is 2. The number of hydrogen-bond donors (Lipinski definition) is 2. The number of nitrogens with two attached hydrogens (primary N) is 1. The van der Waals surface area contributed by atoms with Crippen LogP contribution in [0.2, 0.25) is 0 Å². The van der Waals surface area contributed by atoms with E-state index in [2.05, 4.69) is 35.4 Å². The first-order valence-corrected chi connectivity index (χ1v) is 6.77. The second-order valence-electron chi connectivity index (χ2n) is 5.10.